The van der Waals surface area contributed by atoms with Crippen LogP contribution in [0, 0.1) is 12.3 Å². The number of carbonyl (C=O) groups excluding carboxylic acids is 1. The molecule has 1 fully saturated rings. The summed E-state index contributed by atoms with van der Waals surface area (Å²) in [5, 5.41) is 17.9. The molecule has 1 amide bonds. The first-order chi connectivity index (χ1) is 17.3. The van der Waals surface area contributed by atoms with Crippen LogP contribution in [-0.2, 0) is 17.6 Å². The lowest BCUT2D eigenvalue weighted by atomic mass is 9.66. The molecule has 0 saturated heterocycles. The molecule has 36 heavy (non-hydrogen) atoms. The van der Waals surface area contributed by atoms with Gasteiger partial charge in [-0.2, -0.15) is 0 Å². The van der Waals surface area contributed by atoms with E-state index in [4.69, 9.17) is 4.74 Å². The highest BCUT2D eigenvalue weighted by atomic mass is 16.5. The van der Waals surface area contributed by atoms with E-state index in [1.165, 1.54) is 36.0 Å². The Hall–Kier alpha value is -2.37. The van der Waals surface area contributed by atoms with Gasteiger partial charge in [0, 0.05) is 12.6 Å². The van der Waals surface area contributed by atoms with E-state index in [1.807, 2.05) is 30.3 Å². The molecule has 0 aliphatic heterocycles. The molecule has 0 aromatic heterocycles. The van der Waals surface area contributed by atoms with Crippen molar-refractivity contribution in [3.05, 3.63) is 70.8 Å². The topological polar surface area (TPSA) is 70.6 Å². The summed E-state index contributed by atoms with van der Waals surface area (Å²) in [5.74, 6) is 0. The summed E-state index contributed by atoms with van der Waals surface area (Å²) in [7, 11) is 0. The molecule has 1 saturated carbocycles. The third-order valence-corrected chi connectivity index (χ3v) is 7.76. The van der Waals surface area contributed by atoms with Gasteiger partial charge < -0.3 is 20.5 Å². The SMILES string of the molecule is CCCCOC(=O)N[C@@H](Cc1ccccc1)[C@H](O)CN[C@@H](CC1(C)CCC1)c1cc(CC)ccc1C. The first-order valence-electron chi connectivity index (χ1n) is 13.8. The molecule has 1 aliphatic rings. The Kier molecular flexibility index (Phi) is 10.8. The molecule has 5 heteroatoms. The van der Waals surface area contributed by atoms with Crippen LogP contribution >= 0.6 is 0 Å². The third-order valence-electron chi connectivity index (χ3n) is 7.76. The number of nitrogens with one attached hydrogen (secondary N) is 2. The van der Waals surface area contributed by atoms with Gasteiger partial charge in [-0.1, -0.05) is 82.1 Å². The Balaban J connectivity index is 1.73. The maximum Gasteiger partial charge on any atom is 0.407 e. The minimum Gasteiger partial charge on any atom is -0.450 e. The number of hydrogen-bond donors (Lipinski definition) is 3. The van der Waals surface area contributed by atoms with E-state index in [0.29, 0.717) is 25.0 Å². The molecular weight excluding hydrogens is 448 g/mol. The van der Waals surface area contributed by atoms with E-state index in [9.17, 15) is 9.90 Å². The van der Waals surface area contributed by atoms with Gasteiger partial charge in [-0.15, -0.1) is 0 Å². The van der Waals surface area contributed by atoms with Crippen LogP contribution in [0.1, 0.15) is 87.6 Å². The molecule has 0 radical (unpaired) electrons. The molecule has 5 nitrogen and oxygen atoms in total. The normalized spacial score (nSPS) is 17.0. The zero-order chi connectivity index (χ0) is 26.0. The molecule has 3 N–H and O–H groups in total. The quantitative estimate of drug-likeness (QED) is 0.271. The predicted octanol–water partition coefficient (Wildman–Crippen LogP) is 6.27. The lowest BCUT2D eigenvalue weighted by molar-refractivity contribution is 0.0920. The molecule has 3 atom stereocenters. The standard InChI is InChI=1S/C31H46N2O3/c1-5-7-18-36-30(35)33-27(20-25-12-9-8-10-13-25)29(34)22-32-28(21-31(4)16-11-17-31)26-19-24(6-2)15-14-23(26)3/h8-10,12-15,19,27-29,32,34H,5-7,11,16-18,20-22H2,1-4H3,(H,33,35)/t27-,28-,29+/m0/s1. The Morgan fingerprint density at radius 1 is 1.11 bits per heavy atom. The van der Waals surface area contributed by atoms with Crippen molar-refractivity contribution in [1.82, 2.24) is 10.6 Å². The van der Waals surface area contributed by atoms with Gasteiger partial charge in [-0.3, -0.25) is 0 Å². The van der Waals surface area contributed by atoms with Crippen molar-refractivity contribution in [2.24, 2.45) is 5.41 Å². The number of rotatable bonds is 14. The first-order valence-corrected chi connectivity index (χ1v) is 13.8. The van der Waals surface area contributed by atoms with E-state index >= 15 is 0 Å². The molecule has 0 spiro atoms. The van der Waals surface area contributed by atoms with Crippen molar-refractivity contribution < 1.29 is 14.6 Å². The van der Waals surface area contributed by atoms with Crippen molar-refractivity contribution in [2.45, 2.75) is 97.2 Å². The number of aliphatic hydroxyl groups is 1. The molecule has 3 rings (SSSR count). The van der Waals surface area contributed by atoms with Crippen molar-refractivity contribution in [1.29, 1.82) is 0 Å². The molecule has 0 heterocycles. The summed E-state index contributed by atoms with van der Waals surface area (Å²) >= 11 is 0. The van der Waals surface area contributed by atoms with Gasteiger partial charge >= 0.3 is 6.09 Å². The van der Waals surface area contributed by atoms with Crippen LogP contribution in [0.5, 0.6) is 0 Å². The van der Waals surface area contributed by atoms with Gasteiger partial charge in [-0.25, -0.2) is 4.79 Å². The number of ether oxygens (including phenoxy) is 1. The summed E-state index contributed by atoms with van der Waals surface area (Å²) in [6.45, 7) is 9.59. The largest absolute Gasteiger partial charge is 0.450 e. The number of alkyl carbamates (subject to hydrolysis) is 1. The third kappa shape index (κ3) is 8.35. The fourth-order valence-electron chi connectivity index (χ4n) is 5.11. The van der Waals surface area contributed by atoms with Crippen LogP contribution in [0.25, 0.3) is 0 Å². The number of aryl methyl sites for hydroxylation is 2. The van der Waals surface area contributed by atoms with E-state index in [-0.39, 0.29) is 6.04 Å². The lowest BCUT2D eigenvalue weighted by Gasteiger charge is -2.42. The fraction of sp³-hybridized carbons (Fsp3) is 0.581. The smallest absolute Gasteiger partial charge is 0.407 e. The van der Waals surface area contributed by atoms with Crippen LogP contribution in [0.15, 0.2) is 48.5 Å². The molecule has 2 aromatic rings. The number of amides is 1. The van der Waals surface area contributed by atoms with Crippen LogP contribution in [0.3, 0.4) is 0 Å². The molecule has 2 aromatic carbocycles. The van der Waals surface area contributed by atoms with Crippen molar-refractivity contribution in [2.75, 3.05) is 13.2 Å². The molecule has 0 bridgehead atoms. The van der Waals surface area contributed by atoms with Crippen molar-refractivity contribution >= 4 is 6.09 Å². The molecule has 198 valence electrons. The zero-order valence-corrected chi connectivity index (χ0v) is 22.7. The summed E-state index contributed by atoms with van der Waals surface area (Å²) in [4.78, 5) is 12.5. The van der Waals surface area contributed by atoms with Crippen LogP contribution in [0.2, 0.25) is 0 Å². The monoisotopic (exact) mass is 494 g/mol. The Labute approximate surface area is 218 Å². The van der Waals surface area contributed by atoms with Gasteiger partial charge in [0.15, 0.2) is 0 Å². The summed E-state index contributed by atoms with van der Waals surface area (Å²) in [6, 6.07) is 16.4. The van der Waals surface area contributed by atoms with E-state index in [2.05, 4.69) is 56.5 Å². The van der Waals surface area contributed by atoms with Crippen LogP contribution in [0.4, 0.5) is 4.79 Å². The van der Waals surface area contributed by atoms with Crippen LogP contribution in [-0.4, -0.2) is 36.5 Å². The van der Waals surface area contributed by atoms with Crippen molar-refractivity contribution in [3.8, 4) is 0 Å². The Bertz CT molecular complexity index is 942. The van der Waals surface area contributed by atoms with Crippen molar-refractivity contribution in [3.63, 3.8) is 0 Å². The average Bonchev–Trinajstić information content (AvgIpc) is 2.86. The minimum absolute atomic E-state index is 0.158. The summed E-state index contributed by atoms with van der Waals surface area (Å²) in [5.41, 5.74) is 5.34. The zero-order valence-electron chi connectivity index (χ0n) is 22.7. The van der Waals surface area contributed by atoms with Gasteiger partial charge in [0.05, 0.1) is 18.8 Å². The summed E-state index contributed by atoms with van der Waals surface area (Å²) in [6.07, 6.45) is 6.96. The Morgan fingerprint density at radius 2 is 1.86 bits per heavy atom. The number of unbranched alkanes of at least 4 members (excludes halogenated alkanes) is 1. The van der Waals surface area contributed by atoms with Gasteiger partial charge in [-0.05, 0) is 73.1 Å². The van der Waals surface area contributed by atoms with E-state index in [0.717, 1.165) is 31.2 Å². The number of benzene rings is 2. The number of hydrogen-bond acceptors (Lipinski definition) is 4. The maximum atomic E-state index is 12.5. The minimum atomic E-state index is -0.754. The fourth-order valence-corrected chi connectivity index (χ4v) is 5.11. The highest BCUT2D eigenvalue weighted by Crippen LogP contribution is 2.47. The molecule has 1 aliphatic carbocycles. The number of carbonyl (C=O) groups is 1. The van der Waals surface area contributed by atoms with Gasteiger partial charge in [0.2, 0.25) is 0 Å². The second-order valence-electron chi connectivity index (χ2n) is 10.9. The predicted molar refractivity (Wildman–Crippen MR) is 147 cm³/mol. The second kappa shape index (κ2) is 13.8. The average molecular weight is 495 g/mol. The summed E-state index contributed by atoms with van der Waals surface area (Å²) < 4.78 is 5.34. The van der Waals surface area contributed by atoms with E-state index in [1.54, 1.807) is 0 Å². The molecular formula is C31H46N2O3. The van der Waals surface area contributed by atoms with Gasteiger partial charge in [0.25, 0.3) is 0 Å². The first kappa shape index (κ1) is 28.2. The number of aliphatic hydroxyl groups excluding tert-OH is 1. The Morgan fingerprint density at radius 3 is 2.50 bits per heavy atom. The highest BCUT2D eigenvalue weighted by molar-refractivity contribution is 5.67. The molecule has 0 unspecified atom stereocenters. The maximum absolute atomic E-state index is 12.5. The second-order valence-corrected chi connectivity index (χ2v) is 10.9. The lowest BCUT2D eigenvalue weighted by Crippen LogP contribution is -2.49. The van der Waals surface area contributed by atoms with Gasteiger partial charge in [0.1, 0.15) is 0 Å². The highest BCUT2D eigenvalue weighted by Gasteiger charge is 2.35. The van der Waals surface area contributed by atoms with E-state index < -0.39 is 18.2 Å². The van der Waals surface area contributed by atoms with Crippen LogP contribution < -0.4 is 10.6 Å².